The molecule has 0 spiro atoms. The fraction of sp³-hybridized carbons (Fsp3) is 0.929. The molecule has 0 aliphatic carbocycles. The van der Waals surface area contributed by atoms with Gasteiger partial charge in [-0.1, -0.05) is 6.92 Å². The van der Waals surface area contributed by atoms with Gasteiger partial charge in [-0.3, -0.25) is 4.79 Å². The maximum absolute atomic E-state index is 11.8. The van der Waals surface area contributed by atoms with E-state index in [1.165, 1.54) is 12.8 Å². The Morgan fingerprint density at radius 2 is 2.06 bits per heavy atom. The zero-order chi connectivity index (χ0) is 13.2. The number of piperidine rings is 1. The van der Waals surface area contributed by atoms with Crippen molar-refractivity contribution in [3.63, 3.8) is 0 Å². The zero-order valence-corrected chi connectivity index (χ0v) is 11.9. The van der Waals surface area contributed by atoms with Gasteiger partial charge in [0.1, 0.15) is 0 Å². The van der Waals surface area contributed by atoms with E-state index in [9.17, 15) is 4.79 Å². The molecule has 4 nitrogen and oxygen atoms in total. The van der Waals surface area contributed by atoms with Crippen LogP contribution in [0.2, 0.25) is 0 Å². The molecule has 4 heteroatoms. The number of carbonyl (C=O) groups is 1. The number of hydrogen-bond acceptors (Lipinski definition) is 3. The first kappa shape index (κ1) is 15.4. The van der Waals surface area contributed by atoms with Crippen LogP contribution in [0.25, 0.3) is 0 Å². The number of hydrogen-bond donors (Lipinski definition) is 1. The highest BCUT2D eigenvalue weighted by atomic mass is 16.5. The lowest BCUT2D eigenvalue weighted by atomic mass is 9.94. The summed E-state index contributed by atoms with van der Waals surface area (Å²) in [5.74, 6) is 0.998. The van der Waals surface area contributed by atoms with Crippen LogP contribution in [0.4, 0.5) is 0 Å². The molecule has 1 saturated heterocycles. The molecule has 1 N–H and O–H groups in total. The van der Waals surface area contributed by atoms with Crippen molar-refractivity contribution in [3.05, 3.63) is 0 Å². The summed E-state index contributed by atoms with van der Waals surface area (Å²) in [5.41, 5.74) is 0. The van der Waals surface area contributed by atoms with Crippen molar-refractivity contribution >= 4 is 5.91 Å². The van der Waals surface area contributed by atoms with Gasteiger partial charge in [0.15, 0.2) is 0 Å². The van der Waals surface area contributed by atoms with Crippen LogP contribution < -0.4 is 5.32 Å². The lowest BCUT2D eigenvalue weighted by Crippen LogP contribution is -2.33. The molecule has 0 aromatic rings. The van der Waals surface area contributed by atoms with E-state index in [0.717, 1.165) is 45.0 Å². The van der Waals surface area contributed by atoms with Crippen molar-refractivity contribution in [1.82, 2.24) is 10.2 Å². The number of amides is 1. The van der Waals surface area contributed by atoms with Gasteiger partial charge < -0.3 is 15.0 Å². The predicted molar refractivity (Wildman–Crippen MR) is 73.6 cm³/mol. The van der Waals surface area contributed by atoms with Crippen LogP contribution in [0.1, 0.15) is 39.0 Å². The second-order valence-electron chi connectivity index (χ2n) is 5.16. The summed E-state index contributed by atoms with van der Waals surface area (Å²) in [5, 5.41) is 3.37. The molecule has 106 valence electrons. The number of ether oxygens (including phenoxy) is 1. The highest BCUT2D eigenvalue weighted by molar-refractivity contribution is 5.75. The normalized spacial score (nSPS) is 16.8. The summed E-state index contributed by atoms with van der Waals surface area (Å²) in [6.07, 6.45) is 5.17. The van der Waals surface area contributed by atoms with Gasteiger partial charge in [0, 0.05) is 20.2 Å². The average molecular weight is 256 g/mol. The Bertz CT molecular complexity index is 228. The third-order valence-corrected chi connectivity index (χ3v) is 3.57. The molecule has 1 heterocycles. The minimum absolute atomic E-state index is 0.208. The standard InChI is InChI=1S/C14H28N2O2/c1-3-11-18-12-7-14(17)16(2)10-6-13-4-8-15-9-5-13/h13,15H,3-12H2,1-2H3. The molecule has 0 unspecified atom stereocenters. The molecule has 1 amide bonds. The van der Waals surface area contributed by atoms with Crippen molar-refractivity contribution in [1.29, 1.82) is 0 Å². The van der Waals surface area contributed by atoms with E-state index in [2.05, 4.69) is 12.2 Å². The second-order valence-corrected chi connectivity index (χ2v) is 5.16. The van der Waals surface area contributed by atoms with E-state index < -0.39 is 0 Å². The molecule has 0 bridgehead atoms. The summed E-state index contributed by atoms with van der Waals surface area (Å²) in [7, 11) is 1.91. The van der Waals surface area contributed by atoms with Crippen molar-refractivity contribution < 1.29 is 9.53 Å². The molecule has 0 aromatic heterocycles. The summed E-state index contributed by atoms with van der Waals surface area (Å²) in [4.78, 5) is 13.7. The maximum Gasteiger partial charge on any atom is 0.224 e. The number of rotatable bonds is 8. The smallest absolute Gasteiger partial charge is 0.224 e. The van der Waals surface area contributed by atoms with Crippen LogP contribution in [0.15, 0.2) is 0 Å². The molecule has 0 atom stereocenters. The van der Waals surface area contributed by atoms with Gasteiger partial charge in [-0.15, -0.1) is 0 Å². The molecular formula is C14H28N2O2. The van der Waals surface area contributed by atoms with E-state index in [0.29, 0.717) is 13.0 Å². The maximum atomic E-state index is 11.8. The van der Waals surface area contributed by atoms with Crippen molar-refractivity contribution in [2.45, 2.75) is 39.0 Å². The Labute approximate surface area is 111 Å². The van der Waals surface area contributed by atoms with Gasteiger partial charge >= 0.3 is 0 Å². The highest BCUT2D eigenvalue weighted by Crippen LogP contribution is 2.16. The first-order valence-corrected chi connectivity index (χ1v) is 7.26. The zero-order valence-electron chi connectivity index (χ0n) is 11.9. The van der Waals surface area contributed by atoms with E-state index in [1.54, 1.807) is 0 Å². The summed E-state index contributed by atoms with van der Waals surface area (Å²) >= 11 is 0. The Hall–Kier alpha value is -0.610. The van der Waals surface area contributed by atoms with Gasteiger partial charge in [0.2, 0.25) is 5.91 Å². The first-order valence-electron chi connectivity index (χ1n) is 7.26. The number of nitrogens with zero attached hydrogens (tertiary/aromatic N) is 1. The lowest BCUT2D eigenvalue weighted by Gasteiger charge is -2.25. The Kier molecular flexibility index (Phi) is 8.01. The second kappa shape index (κ2) is 9.34. The van der Waals surface area contributed by atoms with Gasteiger partial charge in [0.05, 0.1) is 13.0 Å². The van der Waals surface area contributed by atoms with Crippen molar-refractivity contribution in [3.8, 4) is 0 Å². The average Bonchev–Trinajstić information content (AvgIpc) is 2.42. The summed E-state index contributed by atoms with van der Waals surface area (Å²) < 4.78 is 5.34. The Morgan fingerprint density at radius 3 is 2.72 bits per heavy atom. The third-order valence-electron chi connectivity index (χ3n) is 3.57. The van der Waals surface area contributed by atoms with Crippen LogP contribution in [-0.2, 0) is 9.53 Å². The minimum Gasteiger partial charge on any atom is -0.381 e. The first-order chi connectivity index (χ1) is 8.74. The molecule has 1 fully saturated rings. The fourth-order valence-electron chi connectivity index (χ4n) is 2.27. The summed E-state index contributed by atoms with van der Waals surface area (Å²) in [6.45, 7) is 6.54. The Morgan fingerprint density at radius 1 is 1.33 bits per heavy atom. The highest BCUT2D eigenvalue weighted by Gasteiger charge is 2.15. The van der Waals surface area contributed by atoms with E-state index in [1.807, 2.05) is 11.9 Å². The molecule has 0 saturated carbocycles. The van der Waals surface area contributed by atoms with Crippen molar-refractivity contribution in [2.75, 3.05) is 39.9 Å². The third kappa shape index (κ3) is 6.36. The van der Waals surface area contributed by atoms with Gasteiger partial charge in [-0.25, -0.2) is 0 Å². The van der Waals surface area contributed by atoms with Crippen molar-refractivity contribution in [2.24, 2.45) is 5.92 Å². The quantitative estimate of drug-likeness (QED) is 0.671. The Balaban J connectivity index is 2.07. The fourth-order valence-corrected chi connectivity index (χ4v) is 2.27. The minimum atomic E-state index is 0.208. The molecule has 1 aliphatic rings. The molecule has 0 aromatic carbocycles. The van der Waals surface area contributed by atoms with Crippen LogP contribution in [0, 0.1) is 5.92 Å². The molecule has 0 radical (unpaired) electrons. The van der Waals surface area contributed by atoms with Gasteiger partial charge in [-0.2, -0.15) is 0 Å². The number of carbonyl (C=O) groups excluding carboxylic acids is 1. The van der Waals surface area contributed by atoms with E-state index >= 15 is 0 Å². The molecule has 18 heavy (non-hydrogen) atoms. The van der Waals surface area contributed by atoms with E-state index in [4.69, 9.17) is 4.74 Å². The summed E-state index contributed by atoms with van der Waals surface area (Å²) in [6, 6.07) is 0. The molecule has 1 aliphatic heterocycles. The molecule has 1 rings (SSSR count). The SMILES string of the molecule is CCCOCCC(=O)N(C)CCC1CCNCC1. The van der Waals surface area contributed by atoms with E-state index in [-0.39, 0.29) is 5.91 Å². The van der Waals surface area contributed by atoms with Gasteiger partial charge in [-0.05, 0) is 44.7 Å². The monoisotopic (exact) mass is 256 g/mol. The van der Waals surface area contributed by atoms with Crippen LogP contribution in [-0.4, -0.2) is 50.7 Å². The largest absolute Gasteiger partial charge is 0.381 e. The van der Waals surface area contributed by atoms with Crippen LogP contribution in [0.5, 0.6) is 0 Å². The lowest BCUT2D eigenvalue weighted by molar-refractivity contribution is -0.131. The van der Waals surface area contributed by atoms with Crippen LogP contribution in [0.3, 0.4) is 0 Å². The van der Waals surface area contributed by atoms with Crippen LogP contribution >= 0.6 is 0 Å². The number of nitrogens with one attached hydrogen (secondary N) is 1. The van der Waals surface area contributed by atoms with Gasteiger partial charge in [0.25, 0.3) is 0 Å². The predicted octanol–water partition coefficient (Wildman–Crippen LogP) is 1.65. The molecular weight excluding hydrogens is 228 g/mol. The topological polar surface area (TPSA) is 41.6 Å².